The van der Waals surface area contributed by atoms with Crippen LogP contribution in [0.3, 0.4) is 0 Å². The Kier molecular flexibility index (Phi) is 1.98. The second-order valence-electron chi connectivity index (χ2n) is 2.13. The normalized spacial score (nSPS) is 8.73. The van der Waals surface area contributed by atoms with Gasteiger partial charge in [-0.3, -0.25) is 4.79 Å². The SMILES string of the molecule is Cc1ccc(C=O)nc1C#N. The van der Waals surface area contributed by atoms with E-state index in [4.69, 9.17) is 5.26 Å². The van der Waals surface area contributed by atoms with E-state index >= 15 is 0 Å². The molecule has 0 fully saturated rings. The molecule has 0 aliphatic carbocycles. The van der Waals surface area contributed by atoms with Crippen LogP contribution in [-0.4, -0.2) is 11.3 Å². The van der Waals surface area contributed by atoms with E-state index < -0.39 is 0 Å². The molecule has 54 valence electrons. The number of carbonyl (C=O) groups is 1. The number of aromatic nitrogens is 1. The first-order valence-corrected chi connectivity index (χ1v) is 3.11. The lowest BCUT2D eigenvalue weighted by atomic mass is 10.2. The highest BCUT2D eigenvalue weighted by molar-refractivity contribution is 5.72. The van der Waals surface area contributed by atoms with Gasteiger partial charge in [0.15, 0.2) is 6.29 Å². The van der Waals surface area contributed by atoms with Crippen molar-refractivity contribution in [2.45, 2.75) is 6.92 Å². The lowest BCUT2D eigenvalue weighted by molar-refractivity contribution is 0.111. The molecular weight excluding hydrogens is 140 g/mol. The predicted molar refractivity (Wildman–Crippen MR) is 39.1 cm³/mol. The maximum Gasteiger partial charge on any atom is 0.168 e. The van der Waals surface area contributed by atoms with Crippen molar-refractivity contribution in [2.24, 2.45) is 0 Å². The summed E-state index contributed by atoms with van der Waals surface area (Å²) in [7, 11) is 0. The Hall–Kier alpha value is -1.69. The molecule has 0 spiro atoms. The molecule has 0 atom stereocenters. The van der Waals surface area contributed by atoms with E-state index in [1.807, 2.05) is 6.07 Å². The molecule has 0 bridgehead atoms. The van der Waals surface area contributed by atoms with Crippen molar-refractivity contribution in [1.29, 1.82) is 5.26 Å². The van der Waals surface area contributed by atoms with E-state index in [-0.39, 0.29) is 0 Å². The van der Waals surface area contributed by atoms with Crippen molar-refractivity contribution in [3.8, 4) is 6.07 Å². The molecule has 0 radical (unpaired) electrons. The third-order valence-corrected chi connectivity index (χ3v) is 1.35. The summed E-state index contributed by atoms with van der Waals surface area (Å²) in [5.74, 6) is 0. The summed E-state index contributed by atoms with van der Waals surface area (Å²) < 4.78 is 0. The zero-order chi connectivity index (χ0) is 8.27. The monoisotopic (exact) mass is 146 g/mol. The average molecular weight is 146 g/mol. The number of nitrogens with zero attached hydrogens (tertiary/aromatic N) is 2. The van der Waals surface area contributed by atoms with Crippen molar-refractivity contribution >= 4 is 6.29 Å². The molecule has 0 saturated heterocycles. The minimum atomic E-state index is 0.298. The quantitative estimate of drug-likeness (QED) is 0.557. The number of rotatable bonds is 1. The molecule has 3 nitrogen and oxygen atoms in total. The second-order valence-corrected chi connectivity index (χ2v) is 2.13. The molecule has 3 heteroatoms. The molecule has 1 aromatic rings. The van der Waals surface area contributed by atoms with Gasteiger partial charge >= 0.3 is 0 Å². The van der Waals surface area contributed by atoms with Crippen LogP contribution in [-0.2, 0) is 0 Å². The van der Waals surface area contributed by atoms with Gasteiger partial charge in [-0.15, -0.1) is 0 Å². The van der Waals surface area contributed by atoms with Crippen LogP contribution in [0.25, 0.3) is 0 Å². The van der Waals surface area contributed by atoms with Gasteiger partial charge in [-0.2, -0.15) is 5.26 Å². The predicted octanol–water partition coefficient (Wildman–Crippen LogP) is 1.07. The molecule has 0 aromatic carbocycles. The summed E-state index contributed by atoms with van der Waals surface area (Å²) in [5.41, 5.74) is 1.40. The highest BCUT2D eigenvalue weighted by atomic mass is 16.1. The van der Waals surface area contributed by atoms with E-state index in [1.165, 1.54) is 0 Å². The molecule has 1 heterocycles. The van der Waals surface area contributed by atoms with Crippen LogP contribution in [0.2, 0.25) is 0 Å². The highest BCUT2D eigenvalue weighted by Crippen LogP contribution is 2.02. The number of carbonyl (C=O) groups excluding carboxylic acids is 1. The van der Waals surface area contributed by atoms with Crippen molar-refractivity contribution in [1.82, 2.24) is 4.98 Å². The smallest absolute Gasteiger partial charge is 0.168 e. The lowest BCUT2D eigenvalue weighted by Gasteiger charge is -1.94. The molecule has 0 amide bonds. The van der Waals surface area contributed by atoms with Gasteiger partial charge in [0.2, 0.25) is 0 Å². The Labute approximate surface area is 64.3 Å². The first-order valence-electron chi connectivity index (χ1n) is 3.11. The maximum atomic E-state index is 10.2. The molecule has 11 heavy (non-hydrogen) atoms. The first-order chi connectivity index (χ1) is 5.27. The van der Waals surface area contributed by atoms with Crippen molar-refractivity contribution < 1.29 is 4.79 Å². The Morgan fingerprint density at radius 2 is 2.36 bits per heavy atom. The number of hydrogen-bond donors (Lipinski definition) is 0. The Morgan fingerprint density at radius 1 is 1.64 bits per heavy atom. The summed E-state index contributed by atoms with van der Waals surface area (Å²) in [6, 6.07) is 5.19. The van der Waals surface area contributed by atoms with E-state index in [0.29, 0.717) is 17.7 Å². The van der Waals surface area contributed by atoms with Crippen molar-refractivity contribution in [3.05, 3.63) is 29.1 Å². The maximum absolute atomic E-state index is 10.2. The summed E-state index contributed by atoms with van der Waals surface area (Å²) in [4.78, 5) is 14.0. The largest absolute Gasteiger partial charge is 0.296 e. The Balaban J connectivity index is 3.25. The zero-order valence-corrected chi connectivity index (χ0v) is 6.03. The van der Waals surface area contributed by atoms with Gasteiger partial charge in [0.1, 0.15) is 17.5 Å². The van der Waals surface area contributed by atoms with Gasteiger partial charge in [0, 0.05) is 0 Å². The topological polar surface area (TPSA) is 53.8 Å². The molecule has 0 saturated carbocycles. The first kappa shape index (κ1) is 7.42. The molecule has 1 rings (SSSR count). The third kappa shape index (κ3) is 1.41. The van der Waals surface area contributed by atoms with Gasteiger partial charge in [-0.05, 0) is 18.6 Å². The van der Waals surface area contributed by atoms with E-state index in [0.717, 1.165) is 5.56 Å². The van der Waals surface area contributed by atoms with Gasteiger partial charge in [-0.1, -0.05) is 6.07 Å². The summed E-state index contributed by atoms with van der Waals surface area (Å²) in [5, 5.41) is 8.51. The fourth-order valence-corrected chi connectivity index (χ4v) is 0.723. The number of aryl methyl sites for hydroxylation is 1. The van der Waals surface area contributed by atoms with E-state index in [1.54, 1.807) is 19.1 Å². The summed E-state index contributed by atoms with van der Waals surface area (Å²) in [6.07, 6.45) is 0.625. The van der Waals surface area contributed by atoms with E-state index in [9.17, 15) is 4.79 Å². The van der Waals surface area contributed by atoms with Crippen LogP contribution in [0.1, 0.15) is 21.7 Å². The molecule has 0 aliphatic rings. The molecule has 0 aliphatic heterocycles. The molecule has 0 N–H and O–H groups in total. The molecule has 0 unspecified atom stereocenters. The van der Waals surface area contributed by atoms with Crippen LogP contribution in [0.4, 0.5) is 0 Å². The number of nitriles is 1. The Bertz CT molecular complexity index is 325. The van der Waals surface area contributed by atoms with Crippen molar-refractivity contribution in [2.75, 3.05) is 0 Å². The second kappa shape index (κ2) is 2.93. The van der Waals surface area contributed by atoms with Gasteiger partial charge in [0.05, 0.1) is 0 Å². The minimum absolute atomic E-state index is 0.298. The molecular formula is C8H6N2O. The lowest BCUT2D eigenvalue weighted by Crippen LogP contribution is -1.92. The fraction of sp³-hybridized carbons (Fsp3) is 0.125. The van der Waals surface area contributed by atoms with Crippen LogP contribution < -0.4 is 0 Å². The number of aldehydes is 1. The molecule has 1 aromatic heterocycles. The van der Waals surface area contributed by atoms with Crippen LogP contribution in [0, 0.1) is 18.3 Å². The van der Waals surface area contributed by atoms with Crippen LogP contribution in [0.5, 0.6) is 0 Å². The standard InChI is InChI=1S/C8H6N2O/c1-6-2-3-7(5-11)10-8(6)4-9/h2-3,5H,1H3. The van der Waals surface area contributed by atoms with Crippen LogP contribution >= 0.6 is 0 Å². The number of hydrogen-bond acceptors (Lipinski definition) is 3. The van der Waals surface area contributed by atoms with Crippen LogP contribution in [0.15, 0.2) is 12.1 Å². The number of pyridine rings is 1. The van der Waals surface area contributed by atoms with Gasteiger partial charge in [-0.25, -0.2) is 4.98 Å². The van der Waals surface area contributed by atoms with Crippen molar-refractivity contribution in [3.63, 3.8) is 0 Å². The van der Waals surface area contributed by atoms with Gasteiger partial charge in [0.25, 0.3) is 0 Å². The minimum Gasteiger partial charge on any atom is -0.296 e. The summed E-state index contributed by atoms with van der Waals surface area (Å²) in [6.45, 7) is 1.78. The highest BCUT2D eigenvalue weighted by Gasteiger charge is 1.98. The third-order valence-electron chi connectivity index (χ3n) is 1.35. The average Bonchev–Trinajstić information content (AvgIpc) is 2.05. The van der Waals surface area contributed by atoms with E-state index in [2.05, 4.69) is 4.98 Å². The summed E-state index contributed by atoms with van der Waals surface area (Å²) >= 11 is 0. The zero-order valence-electron chi connectivity index (χ0n) is 6.03. The van der Waals surface area contributed by atoms with Gasteiger partial charge < -0.3 is 0 Å². The fourth-order valence-electron chi connectivity index (χ4n) is 0.723. The Morgan fingerprint density at radius 3 is 2.91 bits per heavy atom.